The van der Waals surface area contributed by atoms with E-state index in [1.165, 1.54) is 28.4 Å². The minimum absolute atomic E-state index is 0.300. The Labute approximate surface area is 164 Å². The molecule has 2 aromatic rings. The predicted octanol–water partition coefficient (Wildman–Crippen LogP) is 2.90. The minimum atomic E-state index is -0.942. The fraction of sp³-hybridized carbons (Fsp3) is 0.500. The first kappa shape index (κ1) is 21.4. The molecular formula is C20H28N2O6. The normalized spacial score (nSPS) is 11.9. The Bertz CT molecular complexity index is 898. The minimum Gasteiger partial charge on any atom is -0.496 e. The van der Waals surface area contributed by atoms with Gasteiger partial charge in [0.1, 0.15) is 11.4 Å². The van der Waals surface area contributed by atoms with Crippen LogP contribution in [0.2, 0.25) is 0 Å². The Morgan fingerprint density at radius 2 is 1.54 bits per heavy atom. The molecule has 0 radical (unpaired) electrons. The number of aromatic amines is 1. The molecule has 2 N–H and O–H groups in total. The van der Waals surface area contributed by atoms with Gasteiger partial charge in [0.05, 0.1) is 44.9 Å². The van der Waals surface area contributed by atoms with Gasteiger partial charge in [0.25, 0.3) is 5.91 Å². The van der Waals surface area contributed by atoms with Gasteiger partial charge in [-0.15, -0.1) is 0 Å². The molecule has 1 heterocycles. The van der Waals surface area contributed by atoms with E-state index in [4.69, 9.17) is 18.9 Å². The van der Waals surface area contributed by atoms with E-state index < -0.39 is 16.9 Å². The third-order valence-electron chi connectivity index (χ3n) is 5.37. The summed E-state index contributed by atoms with van der Waals surface area (Å²) in [7, 11) is 5.91. The molecule has 1 amide bonds. The van der Waals surface area contributed by atoms with Gasteiger partial charge in [0, 0.05) is 11.5 Å². The molecule has 0 fully saturated rings. The van der Waals surface area contributed by atoms with Gasteiger partial charge >= 0.3 is 5.97 Å². The molecule has 1 aromatic carbocycles. The van der Waals surface area contributed by atoms with Gasteiger partial charge in [0.2, 0.25) is 0 Å². The largest absolute Gasteiger partial charge is 0.496 e. The summed E-state index contributed by atoms with van der Waals surface area (Å²) in [6.45, 7) is 6.99. The van der Waals surface area contributed by atoms with Crippen LogP contribution >= 0.6 is 0 Å². The summed E-state index contributed by atoms with van der Waals surface area (Å²) in [6.07, 6.45) is 0. The number of hydrogen-bond acceptors (Lipinski definition) is 6. The quantitative estimate of drug-likeness (QED) is 0.703. The molecule has 0 saturated carbocycles. The number of ether oxygens (including phenoxy) is 4. The molecule has 8 heteroatoms. The number of fused-ring (bicyclic) bond motifs is 1. The van der Waals surface area contributed by atoms with E-state index in [2.05, 4.69) is 10.3 Å². The molecule has 0 atom stereocenters. The van der Waals surface area contributed by atoms with E-state index >= 15 is 0 Å². The van der Waals surface area contributed by atoms with Gasteiger partial charge in [-0.25, -0.2) is 0 Å². The zero-order valence-electron chi connectivity index (χ0n) is 17.6. The second-order valence-corrected chi connectivity index (χ2v) is 7.48. The zero-order chi connectivity index (χ0) is 21.3. The number of H-pyrrole nitrogens is 1. The standard InChI is InChI=1S/C20H28N2O6/c1-19(2,18(24)28-8)20(3,4)22-17(23)12-9-11-13(25-5)10-14(26-6)16(27-7)15(11)21-12/h9-10,21H,1-8H3,(H,22,23). The van der Waals surface area contributed by atoms with Crippen LogP contribution in [0.5, 0.6) is 17.2 Å². The lowest BCUT2D eigenvalue weighted by Gasteiger charge is -2.39. The maximum Gasteiger partial charge on any atom is 0.313 e. The number of aromatic nitrogens is 1. The number of carbonyl (C=O) groups is 2. The van der Waals surface area contributed by atoms with Crippen LogP contribution < -0.4 is 19.5 Å². The van der Waals surface area contributed by atoms with Gasteiger partial charge in [0.15, 0.2) is 11.5 Å². The van der Waals surface area contributed by atoms with Crippen LogP contribution in [0.25, 0.3) is 10.9 Å². The molecule has 8 nitrogen and oxygen atoms in total. The third-order valence-corrected chi connectivity index (χ3v) is 5.37. The highest BCUT2D eigenvalue weighted by Gasteiger charge is 2.45. The summed E-state index contributed by atoms with van der Waals surface area (Å²) in [4.78, 5) is 28.2. The Morgan fingerprint density at radius 1 is 0.929 bits per heavy atom. The highest BCUT2D eigenvalue weighted by Crippen LogP contribution is 2.41. The number of benzene rings is 1. The summed E-state index contributed by atoms with van der Waals surface area (Å²) in [5, 5.41) is 3.58. The van der Waals surface area contributed by atoms with E-state index in [-0.39, 0.29) is 5.91 Å². The number of nitrogens with one attached hydrogen (secondary N) is 2. The van der Waals surface area contributed by atoms with Crippen molar-refractivity contribution in [1.82, 2.24) is 10.3 Å². The number of rotatable bonds is 7. The van der Waals surface area contributed by atoms with Gasteiger partial charge in [-0.2, -0.15) is 0 Å². The van der Waals surface area contributed by atoms with E-state index in [0.717, 1.165) is 0 Å². The molecule has 0 unspecified atom stereocenters. The van der Waals surface area contributed by atoms with Crippen LogP contribution in [0.1, 0.15) is 38.2 Å². The Kier molecular flexibility index (Phi) is 5.82. The average molecular weight is 392 g/mol. The number of amides is 1. The van der Waals surface area contributed by atoms with E-state index in [0.29, 0.717) is 33.8 Å². The maximum atomic E-state index is 12.9. The molecule has 1 aromatic heterocycles. The Hall–Kier alpha value is -2.90. The van der Waals surface area contributed by atoms with Crippen LogP contribution in [0.3, 0.4) is 0 Å². The van der Waals surface area contributed by atoms with Crippen molar-refractivity contribution in [3.8, 4) is 17.2 Å². The van der Waals surface area contributed by atoms with Crippen molar-refractivity contribution in [3.63, 3.8) is 0 Å². The first-order valence-electron chi connectivity index (χ1n) is 8.76. The first-order valence-corrected chi connectivity index (χ1v) is 8.76. The lowest BCUT2D eigenvalue weighted by Crippen LogP contribution is -2.57. The fourth-order valence-electron chi connectivity index (χ4n) is 2.88. The highest BCUT2D eigenvalue weighted by atomic mass is 16.5. The van der Waals surface area contributed by atoms with Crippen molar-refractivity contribution in [2.75, 3.05) is 28.4 Å². The zero-order valence-corrected chi connectivity index (χ0v) is 17.6. The number of carbonyl (C=O) groups excluding carboxylic acids is 2. The maximum absolute atomic E-state index is 12.9. The molecule has 0 aliphatic rings. The van der Waals surface area contributed by atoms with Gasteiger partial charge < -0.3 is 29.2 Å². The number of esters is 1. The van der Waals surface area contributed by atoms with Crippen LogP contribution in [-0.4, -0.2) is 50.8 Å². The van der Waals surface area contributed by atoms with Crippen molar-refractivity contribution in [1.29, 1.82) is 0 Å². The molecule has 28 heavy (non-hydrogen) atoms. The molecule has 154 valence electrons. The lowest BCUT2D eigenvalue weighted by atomic mass is 9.74. The van der Waals surface area contributed by atoms with Crippen LogP contribution in [0.15, 0.2) is 12.1 Å². The molecule has 0 saturated heterocycles. The summed E-state index contributed by atoms with van der Waals surface area (Å²) in [6, 6.07) is 3.37. The van der Waals surface area contributed by atoms with Crippen molar-refractivity contribution >= 4 is 22.8 Å². The van der Waals surface area contributed by atoms with Crippen molar-refractivity contribution in [3.05, 3.63) is 17.8 Å². The number of hydrogen-bond donors (Lipinski definition) is 2. The summed E-state index contributed by atoms with van der Waals surface area (Å²) >= 11 is 0. The van der Waals surface area contributed by atoms with Crippen LogP contribution in [0, 0.1) is 5.41 Å². The fourth-order valence-corrected chi connectivity index (χ4v) is 2.88. The lowest BCUT2D eigenvalue weighted by molar-refractivity contribution is -0.154. The first-order chi connectivity index (χ1) is 13.0. The van der Waals surface area contributed by atoms with E-state index in [9.17, 15) is 9.59 Å². The van der Waals surface area contributed by atoms with E-state index in [1.807, 2.05) is 0 Å². The average Bonchev–Trinajstić information content (AvgIpc) is 3.10. The topological polar surface area (TPSA) is 98.9 Å². The molecule has 0 aliphatic heterocycles. The van der Waals surface area contributed by atoms with Gasteiger partial charge in [-0.3, -0.25) is 9.59 Å². The van der Waals surface area contributed by atoms with Crippen molar-refractivity contribution in [2.45, 2.75) is 33.2 Å². The molecular weight excluding hydrogens is 364 g/mol. The monoisotopic (exact) mass is 392 g/mol. The third kappa shape index (κ3) is 3.46. The predicted molar refractivity (Wildman–Crippen MR) is 105 cm³/mol. The molecule has 0 spiro atoms. The van der Waals surface area contributed by atoms with E-state index in [1.54, 1.807) is 39.8 Å². The molecule has 2 rings (SSSR count). The van der Waals surface area contributed by atoms with Crippen LogP contribution in [-0.2, 0) is 9.53 Å². The summed E-state index contributed by atoms with van der Waals surface area (Å²) in [5.41, 5.74) is -0.940. The van der Waals surface area contributed by atoms with Crippen molar-refractivity contribution in [2.24, 2.45) is 5.41 Å². The second kappa shape index (κ2) is 7.61. The number of methoxy groups -OCH3 is 4. The SMILES string of the molecule is COC(=O)C(C)(C)C(C)(C)NC(=O)c1cc2c(OC)cc(OC)c(OC)c2[nH]1. The Morgan fingerprint density at radius 3 is 2.04 bits per heavy atom. The summed E-state index contributed by atoms with van der Waals surface area (Å²) < 4.78 is 21.1. The highest BCUT2D eigenvalue weighted by molar-refractivity contribution is 6.02. The van der Waals surface area contributed by atoms with Gasteiger partial charge in [-0.1, -0.05) is 0 Å². The molecule has 0 bridgehead atoms. The second-order valence-electron chi connectivity index (χ2n) is 7.48. The molecule has 0 aliphatic carbocycles. The smallest absolute Gasteiger partial charge is 0.313 e. The summed E-state index contributed by atoms with van der Waals surface area (Å²) in [5.74, 6) is 0.695. The van der Waals surface area contributed by atoms with Crippen molar-refractivity contribution < 1.29 is 28.5 Å². The van der Waals surface area contributed by atoms with Gasteiger partial charge in [-0.05, 0) is 33.8 Å². The van der Waals surface area contributed by atoms with Crippen LogP contribution in [0.4, 0.5) is 0 Å². The Balaban J connectivity index is 2.48.